The third-order valence-electron chi connectivity index (χ3n) is 7.29. The van der Waals surface area contributed by atoms with Crippen molar-refractivity contribution in [2.75, 3.05) is 0 Å². The van der Waals surface area contributed by atoms with Gasteiger partial charge in [0.05, 0.1) is 11.7 Å². The Morgan fingerprint density at radius 3 is 2.31 bits per heavy atom. The molecule has 154 valence electrons. The normalized spacial score (nSPS) is 37.8. The number of hydrogen-bond donors (Lipinski definition) is 1. The molecule has 2 aliphatic heterocycles. The minimum atomic E-state index is -0.548. The van der Waals surface area contributed by atoms with Crippen LogP contribution in [0.5, 0.6) is 0 Å². The standard InChI is InChI=1S/C24H28O5/c1-3-5-7-16-12-9-10-13-18(21(12)23(26)28-16)14-11-15(25)19(13)22-20(14)17(8-6-4-2)29-24(22)27/h7-8,13-15,18-19,25H,3-6,9-11H2,1-2H3/b16-7-,17-8-/t13?,14?,15-,18?,19?/m1/s1. The zero-order chi connectivity index (χ0) is 20.3. The highest BCUT2D eigenvalue weighted by molar-refractivity contribution is 5.98. The predicted molar refractivity (Wildman–Crippen MR) is 106 cm³/mol. The molecule has 0 aromatic carbocycles. The number of carbonyl (C=O) groups is 2. The van der Waals surface area contributed by atoms with Crippen LogP contribution in [0.1, 0.15) is 58.8 Å². The van der Waals surface area contributed by atoms with Crippen LogP contribution in [0.15, 0.2) is 46.0 Å². The minimum Gasteiger partial charge on any atom is -0.423 e. The van der Waals surface area contributed by atoms with Crippen LogP contribution in [-0.2, 0) is 19.1 Å². The van der Waals surface area contributed by atoms with E-state index in [-0.39, 0.29) is 35.6 Å². The van der Waals surface area contributed by atoms with Crippen LogP contribution >= 0.6 is 0 Å². The van der Waals surface area contributed by atoms with E-state index >= 15 is 0 Å². The summed E-state index contributed by atoms with van der Waals surface area (Å²) in [5.74, 6) is 0.661. The number of aliphatic hydroxyl groups is 1. The Bertz CT molecular complexity index is 902. The van der Waals surface area contributed by atoms with Crippen LogP contribution in [0.2, 0.25) is 0 Å². The highest BCUT2D eigenvalue weighted by Gasteiger charge is 2.61. The van der Waals surface area contributed by atoms with E-state index < -0.39 is 6.10 Å². The Balaban J connectivity index is 1.62. The molecule has 0 aromatic rings. The van der Waals surface area contributed by atoms with Crippen molar-refractivity contribution in [3.8, 4) is 0 Å². The van der Waals surface area contributed by atoms with Gasteiger partial charge >= 0.3 is 11.9 Å². The number of ether oxygens (including phenoxy) is 2. The van der Waals surface area contributed by atoms with Crippen molar-refractivity contribution >= 4 is 11.9 Å². The third-order valence-corrected chi connectivity index (χ3v) is 7.29. The Morgan fingerprint density at radius 2 is 1.59 bits per heavy atom. The maximum Gasteiger partial charge on any atom is 0.340 e. The number of unbranched alkanes of at least 4 members (excludes halogenated alkanes) is 2. The average molecular weight is 396 g/mol. The van der Waals surface area contributed by atoms with Gasteiger partial charge < -0.3 is 14.6 Å². The third kappa shape index (κ3) is 2.63. The zero-order valence-electron chi connectivity index (χ0n) is 17.1. The lowest BCUT2D eigenvalue weighted by Crippen LogP contribution is -2.51. The van der Waals surface area contributed by atoms with Crippen molar-refractivity contribution in [1.82, 2.24) is 0 Å². The van der Waals surface area contributed by atoms with Gasteiger partial charge in [0.1, 0.15) is 11.5 Å². The maximum atomic E-state index is 12.9. The molecule has 0 spiro atoms. The number of aliphatic hydroxyl groups excluding tert-OH is 1. The van der Waals surface area contributed by atoms with E-state index in [0.29, 0.717) is 17.8 Å². The molecule has 1 N–H and O–H groups in total. The lowest BCUT2D eigenvalue weighted by Gasteiger charge is -2.52. The summed E-state index contributed by atoms with van der Waals surface area (Å²) >= 11 is 0. The summed E-state index contributed by atoms with van der Waals surface area (Å²) < 4.78 is 11.3. The molecular formula is C24H28O5. The van der Waals surface area contributed by atoms with Crippen LogP contribution < -0.4 is 0 Å². The van der Waals surface area contributed by atoms with Crippen molar-refractivity contribution in [2.45, 2.75) is 64.9 Å². The first kappa shape index (κ1) is 18.9. The number of allylic oxidation sites excluding steroid dienone is 4. The molecule has 6 aliphatic rings. The molecule has 0 saturated heterocycles. The largest absolute Gasteiger partial charge is 0.423 e. The molecule has 29 heavy (non-hydrogen) atoms. The fraction of sp³-hybridized carbons (Fsp3) is 0.583. The molecular weight excluding hydrogens is 368 g/mol. The van der Waals surface area contributed by atoms with Gasteiger partial charge in [-0.3, -0.25) is 0 Å². The smallest absolute Gasteiger partial charge is 0.340 e. The average Bonchev–Trinajstić information content (AvgIpc) is 3.22. The lowest BCUT2D eigenvalue weighted by molar-refractivity contribution is -0.135. The molecule has 4 unspecified atom stereocenters. The summed E-state index contributed by atoms with van der Waals surface area (Å²) in [7, 11) is 0. The van der Waals surface area contributed by atoms with Crippen LogP contribution in [0, 0.1) is 23.7 Å². The van der Waals surface area contributed by atoms with Gasteiger partial charge in [-0.05, 0) is 56.1 Å². The van der Waals surface area contributed by atoms with Gasteiger partial charge in [0.15, 0.2) is 0 Å². The van der Waals surface area contributed by atoms with E-state index in [9.17, 15) is 14.7 Å². The Labute approximate surface area is 171 Å². The van der Waals surface area contributed by atoms with Crippen molar-refractivity contribution in [3.05, 3.63) is 46.0 Å². The van der Waals surface area contributed by atoms with E-state index in [2.05, 4.69) is 13.8 Å². The highest BCUT2D eigenvalue weighted by Crippen LogP contribution is 2.62. The first-order valence-electron chi connectivity index (χ1n) is 11.1. The number of hydrogen-bond acceptors (Lipinski definition) is 5. The quantitative estimate of drug-likeness (QED) is 0.725. The van der Waals surface area contributed by atoms with Gasteiger partial charge in [-0.2, -0.15) is 0 Å². The molecule has 1 fully saturated rings. The van der Waals surface area contributed by atoms with Gasteiger partial charge in [0.2, 0.25) is 0 Å². The number of fused-ring (bicyclic) bond motifs is 1. The van der Waals surface area contributed by atoms with E-state index in [1.54, 1.807) is 0 Å². The fourth-order valence-corrected chi connectivity index (χ4v) is 6.24. The van der Waals surface area contributed by atoms with Crippen LogP contribution in [0.4, 0.5) is 0 Å². The molecule has 6 rings (SSSR count). The van der Waals surface area contributed by atoms with Gasteiger partial charge in [-0.15, -0.1) is 0 Å². The summed E-state index contributed by atoms with van der Waals surface area (Å²) in [4.78, 5) is 25.6. The fourth-order valence-electron chi connectivity index (χ4n) is 6.24. The van der Waals surface area contributed by atoms with Crippen molar-refractivity contribution in [3.63, 3.8) is 0 Å². The van der Waals surface area contributed by atoms with Gasteiger partial charge in [0, 0.05) is 28.6 Å². The van der Waals surface area contributed by atoms with Crippen LogP contribution in [0.3, 0.4) is 0 Å². The zero-order valence-corrected chi connectivity index (χ0v) is 17.1. The van der Waals surface area contributed by atoms with Crippen LogP contribution in [0.25, 0.3) is 0 Å². The molecule has 2 heterocycles. The number of rotatable bonds is 4. The lowest BCUT2D eigenvalue weighted by atomic mass is 9.51. The molecule has 0 radical (unpaired) electrons. The maximum absolute atomic E-state index is 12.9. The number of cyclic esters (lactones) is 2. The number of carbonyl (C=O) groups excluding carboxylic acids is 2. The first-order valence-corrected chi connectivity index (χ1v) is 11.1. The van der Waals surface area contributed by atoms with E-state index in [4.69, 9.17) is 9.47 Å². The van der Waals surface area contributed by atoms with Gasteiger partial charge in [-0.25, -0.2) is 9.59 Å². The Kier molecular flexibility index (Phi) is 4.54. The van der Waals surface area contributed by atoms with E-state index in [0.717, 1.165) is 61.0 Å². The second-order valence-electron chi connectivity index (χ2n) is 8.88. The second kappa shape index (κ2) is 6.98. The van der Waals surface area contributed by atoms with Crippen molar-refractivity contribution < 1.29 is 24.2 Å². The molecule has 0 aromatic heterocycles. The second-order valence-corrected chi connectivity index (χ2v) is 8.88. The van der Waals surface area contributed by atoms with E-state index in [1.165, 1.54) is 0 Å². The van der Waals surface area contributed by atoms with Gasteiger partial charge in [-0.1, -0.05) is 26.7 Å². The molecule has 5 atom stereocenters. The molecule has 5 nitrogen and oxygen atoms in total. The molecule has 5 heteroatoms. The monoisotopic (exact) mass is 396 g/mol. The topological polar surface area (TPSA) is 72.8 Å². The molecule has 4 aliphatic carbocycles. The number of esters is 2. The summed E-state index contributed by atoms with van der Waals surface area (Å²) in [5.41, 5.74) is 3.48. The van der Waals surface area contributed by atoms with Gasteiger partial charge in [0.25, 0.3) is 0 Å². The Morgan fingerprint density at radius 1 is 0.931 bits per heavy atom. The minimum absolute atomic E-state index is 0.00505. The molecule has 0 amide bonds. The summed E-state index contributed by atoms with van der Waals surface area (Å²) in [6.45, 7) is 4.20. The van der Waals surface area contributed by atoms with Crippen molar-refractivity contribution in [1.29, 1.82) is 0 Å². The van der Waals surface area contributed by atoms with Crippen molar-refractivity contribution in [2.24, 2.45) is 23.7 Å². The highest BCUT2D eigenvalue weighted by atomic mass is 16.5. The van der Waals surface area contributed by atoms with E-state index in [1.807, 2.05) is 12.2 Å². The SMILES string of the molecule is CCC/C=C1\OC(=O)C2=C1CCC1C2C2C[C@@H](O)C1C1=C2/C(=C/CCC)OC1=O. The first-order chi connectivity index (χ1) is 14.1. The van der Waals surface area contributed by atoms with Crippen LogP contribution in [-0.4, -0.2) is 23.1 Å². The summed E-state index contributed by atoms with van der Waals surface area (Å²) in [5, 5.41) is 10.8. The molecule has 1 saturated carbocycles. The Hall–Kier alpha value is -2.14. The summed E-state index contributed by atoms with van der Waals surface area (Å²) in [6.07, 6.45) is 9.40. The predicted octanol–water partition coefficient (Wildman–Crippen LogP) is 4.10. The summed E-state index contributed by atoms with van der Waals surface area (Å²) in [6, 6.07) is 0. The molecule has 2 bridgehead atoms.